The molecule has 0 bridgehead atoms. The number of rotatable bonds is 6. The molecule has 3 rings (SSSR count). The van der Waals surface area contributed by atoms with Crippen LogP contribution in [0.3, 0.4) is 0 Å². The molecular formula is C21H21F2NO4. The van der Waals surface area contributed by atoms with E-state index in [9.17, 15) is 18.4 Å². The van der Waals surface area contributed by atoms with Crippen LogP contribution >= 0.6 is 0 Å². The van der Waals surface area contributed by atoms with E-state index in [1.54, 1.807) is 6.92 Å². The van der Waals surface area contributed by atoms with Crippen LogP contribution in [0.4, 0.5) is 13.6 Å². The van der Waals surface area contributed by atoms with Crippen molar-refractivity contribution in [2.45, 2.75) is 38.8 Å². The molecule has 1 aliphatic rings. The third kappa shape index (κ3) is 3.98. The van der Waals surface area contributed by atoms with Crippen molar-refractivity contribution in [1.82, 2.24) is 5.32 Å². The van der Waals surface area contributed by atoms with Gasteiger partial charge in [-0.15, -0.1) is 0 Å². The molecule has 1 saturated carbocycles. The van der Waals surface area contributed by atoms with Gasteiger partial charge in [0.15, 0.2) is 0 Å². The minimum atomic E-state index is -1.03. The minimum Gasteiger partial charge on any atom is -0.462 e. The van der Waals surface area contributed by atoms with Gasteiger partial charge < -0.3 is 14.8 Å². The molecule has 1 N–H and O–H groups in total. The average Bonchev–Trinajstić information content (AvgIpc) is 3.44. The molecule has 0 heterocycles. The number of carbonyl (C=O) groups excluding carboxylic acids is 2. The average molecular weight is 389 g/mol. The maximum absolute atomic E-state index is 14.8. The second kappa shape index (κ2) is 7.96. The second-order valence-electron chi connectivity index (χ2n) is 6.71. The molecular weight excluding hydrogens is 368 g/mol. The molecule has 28 heavy (non-hydrogen) atoms. The quantitative estimate of drug-likeness (QED) is 0.746. The Morgan fingerprint density at radius 3 is 2.43 bits per heavy atom. The highest BCUT2D eigenvalue weighted by Crippen LogP contribution is 2.48. The smallest absolute Gasteiger partial charge is 0.408 e. The van der Waals surface area contributed by atoms with Gasteiger partial charge in [0, 0.05) is 5.56 Å². The van der Waals surface area contributed by atoms with Crippen LogP contribution in [-0.4, -0.2) is 18.7 Å². The van der Waals surface area contributed by atoms with Crippen LogP contribution in [0.15, 0.2) is 36.4 Å². The van der Waals surface area contributed by atoms with Gasteiger partial charge >= 0.3 is 12.1 Å². The molecule has 2 aromatic rings. The number of ether oxygens (including phenoxy) is 2. The Bertz CT molecular complexity index is 895. The molecule has 0 unspecified atom stereocenters. The van der Waals surface area contributed by atoms with Gasteiger partial charge in [-0.2, -0.15) is 0 Å². The zero-order valence-corrected chi connectivity index (χ0v) is 15.7. The minimum absolute atomic E-state index is 0.0242. The van der Waals surface area contributed by atoms with Crippen molar-refractivity contribution in [2.24, 2.45) is 0 Å². The molecule has 1 aliphatic carbocycles. The molecule has 0 atom stereocenters. The fraction of sp³-hybridized carbons (Fsp3) is 0.333. The standard InChI is InChI=1S/C21H21F2NO4/c1-3-27-19(25)15-11-16(22)17(13(2)18(15)23)21(9-10-21)24-20(26)28-12-14-7-5-4-6-8-14/h4-8,11H,3,9-10,12H2,1-2H3,(H,24,26). The van der Waals surface area contributed by atoms with Gasteiger partial charge in [-0.3, -0.25) is 0 Å². The lowest BCUT2D eigenvalue weighted by Crippen LogP contribution is -2.37. The highest BCUT2D eigenvalue weighted by molar-refractivity contribution is 5.90. The van der Waals surface area contributed by atoms with E-state index < -0.39 is 34.8 Å². The number of hydrogen-bond donors (Lipinski definition) is 1. The SMILES string of the molecule is CCOC(=O)c1cc(F)c(C2(NC(=O)OCc3ccccc3)CC2)c(C)c1F. The number of nitrogens with one attached hydrogen (secondary N) is 1. The van der Waals surface area contributed by atoms with Crippen LogP contribution in [0, 0.1) is 18.6 Å². The summed E-state index contributed by atoms with van der Waals surface area (Å²) in [6, 6.07) is 9.95. The highest BCUT2D eigenvalue weighted by atomic mass is 19.1. The number of carbonyl (C=O) groups is 2. The van der Waals surface area contributed by atoms with E-state index in [-0.39, 0.29) is 24.3 Å². The zero-order valence-electron chi connectivity index (χ0n) is 15.7. The van der Waals surface area contributed by atoms with Crippen molar-refractivity contribution in [3.63, 3.8) is 0 Å². The molecule has 1 amide bonds. The highest BCUT2D eigenvalue weighted by Gasteiger charge is 2.49. The van der Waals surface area contributed by atoms with Gasteiger partial charge in [0.2, 0.25) is 0 Å². The Morgan fingerprint density at radius 1 is 1.14 bits per heavy atom. The maximum atomic E-state index is 14.8. The van der Waals surface area contributed by atoms with Gasteiger partial charge in [0.25, 0.3) is 0 Å². The van der Waals surface area contributed by atoms with Crippen molar-refractivity contribution in [1.29, 1.82) is 0 Å². The molecule has 0 aromatic heterocycles. The Hall–Kier alpha value is -2.96. The summed E-state index contributed by atoms with van der Waals surface area (Å²) in [4.78, 5) is 24.0. The molecule has 7 heteroatoms. The third-order valence-corrected chi connectivity index (χ3v) is 4.73. The lowest BCUT2D eigenvalue weighted by Gasteiger charge is -2.22. The van der Waals surface area contributed by atoms with Gasteiger partial charge in [0.05, 0.1) is 17.7 Å². The molecule has 2 aromatic carbocycles. The summed E-state index contributed by atoms with van der Waals surface area (Å²) >= 11 is 0. The maximum Gasteiger partial charge on any atom is 0.408 e. The Balaban J connectivity index is 1.77. The molecule has 1 fully saturated rings. The predicted octanol–water partition coefficient (Wildman–Crippen LogP) is 4.37. The van der Waals surface area contributed by atoms with E-state index in [1.165, 1.54) is 6.92 Å². The Morgan fingerprint density at radius 2 is 1.82 bits per heavy atom. The number of benzene rings is 2. The van der Waals surface area contributed by atoms with Gasteiger partial charge in [-0.1, -0.05) is 30.3 Å². The van der Waals surface area contributed by atoms with E-state index in [4.69, 9.17) is 9.47 Å². The Labute approximate surface area is 161 Å². The van der Waals surface area contributed by atoms with Gasteiger partial charge in [-0.25, -0.2) is 18.4 Å². The fourth-order valence-corrected chi connectivity index (χ4v) is 3.22. The summed E-state index contributed by atoms with van der Waals surface area (Å²) in [5, 5.41) is 2.65. The first-order valence-electron chi connectivity index (χ1n) is 9.03. The largest absolute Gasteiger partial charge is 0.462 e. The van der Waals surface area contributed by atoms with Crippen LogP contribution in [-0.2, 0) is 21.6 Å². The van der Waals surface area contributed by atoms with Gasteiger partial charge in [-0.05, 0) is 43.9 Å². The van der Waals surface area contributed by atoms with Crippen molar-refractivity contribution in [2.75, 3.05) is 6.61 Å². The molecule has 0 aliphatic heterocycles. The Kier molecular flexibility index (Phi) is 5.63. The number of alkyl carbamates (subject to hydrolysis) is 1. The second-order valence-corrected chi connectivity index (χ2v) is 6.71. The number of amides is 1. The van der Waals surface area contributed by atoms with Crippen LogP contribution in [0.5, 0.6) is 0 Å². The molecule has 148 valence electrons. The van der Waals surface area contributed by atoms with E-state index in [0.717, 1.165) is 11.6 Å². The van der Waals surface area contributed by atoms with Crippen LogP contribution in [0.25, 0.3) is 0 Å². The fourth-order valence-electron chi connectivity index (χ4n) is 3.22. The topological polar surface area (TPSA) is 64.6 Å². The summed E-state index contributed by atoms with van der Waals surface area (Å²) in [6.45, 7) is 3.09. The number of halogens is 2. The number of esters is 1. The normalized spacial score (nSPS) is 14.3. The summed E-state index contributed by atoms with van der Waals surface area (Å²) in [7, 11) is 0. The third-order valence-electron chi connectivity index (χ3n) is 4.73. The van der Waals surface area contributed by atoms with Gasteiger partial charge in [0.1, 0.15) is 18.2 Å². The van der Waals surface area contributed by atoms with Crippen molar-refractivity contribution >= 4 is 12.1 Å². The van der Waals surface area contributed by atoms with Crippen molar-refractivity contribution in [3.05, 3.63) is 70.3 Å². The molecule has 5 nitrogen and oxygen atoms in total. The lowest BCUT2D eigenvalue weighted by atomic mass is 9.95. The van der Waals surface area contributed by atoms with Crippen LogP contribution in [0.1, 0.15) is 46.8 Å². The summed E-state index contributed by atoms with van der Waals surface area (Å²) in [5.41, 5.74) is -0.660. The summed E-state index contributed by atoms with van der Waals surface area (Å²) < 4.78 is 39.4. The van der Waals surface area contributed by atoms with Crippen LogP contribution < -0.4 is 5.32 Å². The summed E-state index contributed by atoms with van der Waals surface area (Å²) in [5.74, 6) is -2.53. The van der Waals surface area contributed by atoms with Crippen molar-refractivity contribution < 1.29 is 27.8 Å². The first kappa shape index (κ1) is 19.8. The lowest BCUT2D eigenvalue weighted by molar-refractivity contribution is 0.0519. The molecule has 0 radical (unpaired) electrons. The number of hydrogen-bond acceptors (Lipinski definition) is 4. The summed E-state index contributed by atoms with van der Waals surface area (Å²) in [6.07, 6.45) is 0.183. The van der Waals surface area contributed by atoms with E-state index >= 15 is 0 Å². The first-order valence-corrected chi connectivity index (χ1v) is 9.03. The van der Waals surface area contributed by atoms with E-state index in [2.05, 4.69) is 5.32 Å². The zero-order chi connectivity index (χ0) is 20.3. The monoisotopic (exact) mass is 389 g/mol. The predicted molar refractivity (Wildman–Crippen MR) is 97.7 cm³/mol. The van der Waals surface area contributed by atoms with E-state index in [0.29, 0.717) is 12.8 Å². The first-order chi connectivity index (χ1) is 13.4. The molecule has 0 saturated heterocycles. The van der Waals surface area contributed by atoms with Crippen LogP contribution in [0.2, 0.25) is 0 Å². The van der Waals surface area contributed by atoms with E-state index in [1.807, 2.05) is 30.3 Å². The van der Waals surface area contributed by atoms with Crippen molar-refractivity contribution in [3.8, 4) is 0 Å². The molecule has 0 spiro atoms.